The molecule has 2 aliphatic rings. The predicted octanol–water partition coefficient (Wildman–Crippen LogP) is 6.78. The van der Waals surface area contributed by atoms with Crippen molar-refractivity contribution in [2.24, 2.45) is 18.2 Å². The molecular formula is C31H32Cl3N9OS. The Morgan fingerprint density at radius 1 is 1.04 bits per heavy atom. The van der Waals surface area contributed by atoms with Crippen LogP contribution in [-0.2, 0) is 11.8 Å². The van der Waals surface area contributed by atoms with E-state index in [2.05, 4.69) is 48.8 Å². The lowest BCUT2D eigenvalue weighted by molar-refractivity contribution is 0.0974. The Morgan fingerprint density at radius 2 is 1.84 bits per heavy atom. The van der Waals surface area contributed by atoms with Gasteiger partial charge in [-0.2, -0.15) is 0 Å². The Kier molecular flexibility index (Phi) is 9.11. The normalized spacial score (nSPS) is 19.2. The number of benzene rings is 1. The molecule has 4 aromatic heterocycles. The Morgan fingerprint density at radius 3 is 2.58 bits per heavy atom. The minimum atomic E-state index is 0. The molecule has 0 amide bonds. The summed E-state index contributed by atoms with van der Waals surface area (Å²) in [5.41, 5.74) is 9.17. The van der Waals surface area contributed by atoms with Gasteiger partial charge in [0.15, 0.2) is 5.82 Å². The Balaban J connectivity index is 0.00000357. The third kappa shape index (κ3) is 6.05. The first kappa shape index (κ1) is 31.8. The molecule has 1 aromatic carbocycles. The van der Waals surface area contributed by atoms with Gasteiger partial charge in [0.2, 0.25) is 5.95 Å². The fourth-order valence-corrected chi connectivity index (χ4v) is 7.36. The van der Waals surface area contributed by atoms with Crippen molar-refractivity contribution in [2.75, 3.05) is 29.9 Å². The lowest BCUT2D eigenvalue weighted by Crippen LogP contribution is -2.50. The number of aromatic nitrogens is 6. The molecule has 0 unspecified atom stereocenters. The van der Waals surface area contributed by atoms with Gasteiger partial charge >= 0.3 is 0 Å². The van der Waals surface area contributed by atoms with Crippen LogP contribution in [-0.4, -0.2) is 61.3 Å². The van der Waals surface area contributed by atoms with E-state index in [1.807, 2.05) is 37.6 Å². The van der Waals surface area contributed by atoms with Crippen molar-refractivity contribution in [3.8, 4) is 11.3 Å². The van der Waals surface area contributed by atoms with Crippen LogP contribution < -0.4 is 16.0 Å². The maximum atomic E-state index is 6.80. The molecule has 7 rings (SSSR count). The second-order valence-corrected chi connectivity index (χ2v) is 13.2. The number of rotatable bonds is 6. The summed E-state index contributed by atoms with van der Waals surface area (Å²) in [4.78, 5) is 26.0. The molecule has 5 aromatic rings. The number of halogens is 3. The standard InChI is InChI=1S/C31H31Cl2N9OS.ClH/c1-18-28(34)31(17-43-18)8-11-42(12-9-31)24-14-37-25(15-36-24)44-23-7-10-35-29(26(23)33)40-30-38-13-21(32)27(39-30)20-16-41(2)22-6-4-3-5-19(20)22;/h3-7,10,13-16,18,28H,8-9,11-12,17,34H2,1-2H3,(H,35,38,39,40);1H/t18-,28+;/m0./s1. The van der Waals surface area contributed by atoms with Crippen molar-refractivity contribution in [3.05, 3.63) is 71.4 Å². The van der Waals surface area contributed by atoms with E-state index in [0.717, 1.165) is 64.7 Å². The zero-order valence-corrected chi connectivity index (χ0v) is 27.8. The summed E-state index contributed by atoms with van der Waals surface area (Å²) in [6, 6.07) is 10.0. The zero-order chi connectivity index (χ0) is 30.4. The van der Waals surface area contributed by atoms with E-state index < -0.39 is 0 Å². The first-order valence-corrected chi connectivity index (χ1v) is 16.0. The van der Waals surface area contributed by atoms with Crippen molar-refractivity contribution in [1.82, 2.24) is 29.5 Å². The van der Waals surface area contributed by atoms with E-state index in [1.54, 1.807) is 18.6 Å². The van der Waals surface area contributed by atoms with E-state index in [4.69, 9.17) is 43.6 Å². The van der Waals surface area contributed by atoms with Gasteiger partial charge in [-0.3, -0.25) is 0 Å². The van der Waals surface area contributed by atoms with Gasteiger partial charge < -0.3 is 25.3 Å². The molecule has 0 radical (unpaired) electrons. The van der Waals surface area contributed by atoms with Crippen molar-refractivity contribution < 1.29 is 4.74 Å². The third-order valence-electron chi connectivity index (χ3n) is 8.74. The fraction of sp³-hybridized carbons (Fsp3) is 0.323. The van der Waals surface area contributed by atoms with Crippen molar-refractivity contribution >= 4 is 75.9 Å². The fourth-order valence-electron chi connectivity index (χ4n) is 6.14. The van der Waals surface area contributed by atoms with E-state index >= 15 is 0 Å². The molecule has 234 valence electrons. The van der Waals surface area contributed by atoms with Crippen molar-refractivity contribution in [2.45, 2.75) is 41.8 Å². The van der Waals surface area contributed by atoms with Crippen LogP contribution >= 0.6 is 47.4 Å². The first-order valence-electron chi connectivity index (χ1n) is 14.4. The summed E-state index contributed by atoms with van der Waals surface area (Å²) in [5.74, 6) is 1.62. The van der Waals surface area contributed by atoms with Crippen LogP contribution in [0.15, 0.2) is 71.2 Å². The number of ether oxygens (including phenoxy) is 1. The molecular weight excluding hydrogens is 653 g/mol. The number of hydrogen-bond donors (Lipinski definition) is 2. The van der Waals surface area contributed by atoms with Crippen LogP contribution in [0.25, 0.3) is 22.2 Å². The lowest BCUT2D eigenvalue weighted by Gasteiger charge is -2.41. The number of pyridine rings is 1. The van der Waals surface area contributed by atoms with Gasteiger partial charge in [-0.05, 0) is 31.9 Å². The SMILES string of the molecule is C[C@@H]1OCC2(CCN(c3cnc(Sc4ccnc(Nc5ncc(Cl)c(-c6cn(C)c7ccccc67)n5)c4Cl)cn3)CC2)[C@@H]1N.Cl. The van der Waals surface area contributed by atoms with Crippen LogP contribution in [0.5, 0.6) is 0 Å². The Bertz CT molecular complexity index is 1830. The molecule has 2 fully saturated rings. The minimum Gasteiger partial charge on any atom is -0.376 e. The van der Waals surface area contributed by atoms with Crippen molar-refractivity contribution in [1.29, 1.82) is 0 Å². The molecule has 6 heterocycles. The first-order chi connectivity index (χ1) is 21.3. The molecule has 2 saturated heterocycles. The number of anilines is 3. The summed E-state index contributed by atoms with van der Waals surface area (Å²) in [5, 5.41) is 5.82. The molecule has 0 saturated carbocycles. The summed E-state index contributed by atoms with van der Waals surface area (Å²) >= 11 is 14.8. The number of para-hydroxylation sites is 1. The number of hydrogen-bond acceptors (Lipinski definition) is 10. The van der Waals surface area contributed by atoms with Gasteiger partial charge in [0.25, 0.3) is 0 Å². The van der Waals surface area contributed by atoms with E-state index in [9.17, 15) is 0 Å². The maximum absolute atomic E-state index is 6.80. The highest BCUT2D eigenvalue weighted by Gasteiger charge is 2.47. The second-order valence-electron chi connectivity index (χ2n) is 11.4. The molecule has 3 N–H and O–H groups in total. The molecule has 14 heteroatoms. The van der Waals surface area contributed by atoms with Gasteiger partial charge in [0.1, 0.15) is 10.8 Å². The van der Waals surface area contributed by atoms with Crippen LogP contribution in [0.4, 0.5) is 17.6 Å². The highest BCUT2D eigenvalue weighted by atomic mass is 35.5. The van der Waals surface area contributed by atoms with E-state index in [0.29, 0.717) is 27.5 Å². The molecule has 0 bridgehead atoms. The van der Waals surface area contributed by atoms with E-state index in [1.165, 1.54) is 11.8 Å². The highest BCUT2D eigenvalue weighted by molar-refractivity contribution is 7.99. The molecule has 1 spiro atoms. The molecule has 10 nitrogen and oxygen atoms in total. The maximum Gasteiger partial charge on any atom is 0.229 e. The molecule has 2 atom stereocenters. The monoisotopic (exact) mass is 683 g/mol. The van der Waals surface area contributed by atoms with Crippen LogP contribution in [0, 0.1) is 5.41 Å². The Hall–Kier alpha value is -3.19. The quantitative estimate of drug-likeness (QED) is 0.198. The topological polar surface area (TPSA) is 120 Å². The number of nitrogens with two attached hydrogens (primary N) is 1. The second kappa shape index (κ2) is 12.9. The number of fused-ring (bicyclic) bond motifs is 1. The summed E-state index contributed by atoms with van der Waals surface area (Å²) < 4.78 is 7.91. The van der Waals surface area contributed by atoms with Gasteiger partial charge in [0.05, 0.1) is 47.0 Å². The largest absolute Gasteiger partial charge is 0.376 e. The highest BCUT2D eigenvalue weighted by Crippen LogP contribution is 2.42. The van der Waals surface area contributed by atoms with Gasteiger partial charge in [-0.15, -0.1) is 12.4 Å². The average Bonchev–Trinajstić information content (AvgIpc) is 3.52. The number of nitrogens with one attached hydrogen (secondary N) is 1. The molecule has 45 heavy (non-hydrogen) atoms. The van der Waals surface area contributed by atoms with Crippen LogP contribution in [0.2, 0.25) is 10.0 Å². The predicted molar refractivity (Wildman–Crippen MR) is 182 cm³/mol. The summed E-state index contributed by atoms with van der Waals surface area (Å²) in [6.45, 7) is 4.57. The number of piperidine rings is 1. The van der Waals surface area contributed by atoms with Crippen LogP contribution in [0.1, 0.15) is 19.8 Å². The summed E-state index contributed by atoms with van der Waals surface area (Å²) in [7, 11) is 2.00. The molecule has 0 aliphatic carbocycles. The van der Waals surface area contributed by atoms with Gasteiger partial charge in [-0.25, -0.2) is 24.9 Å². The third-order valence-corrected chi connectivity index (χ3v) is 10.5. The average molecular weight is 685 g/mol. The minimum absolute atomic E-state index is 0. The lowest BCUT2D eigenvalue weighted by atomic mass is 9.73. The van der Waals surface area contributed by atoms with Crippen LogP contribution in [0.3, 0.4) is 0 Å². The number of aryl methyl sites for hydroxylation is 1. The van der Waals surface area contributed by atoms with Gasteiger partial charge in [0, 0.05) is 65.3 Å². The molecule has 2 aliphatic heterocycles. The smallest absolute Gasteiger partial charge is 0.229 e. The van der Waals surface area contributed by atoms with E-state index in [-0.39, 0.29) is 30.0 Å². The number of nitrogens with zero attached hydrogens (tertiary/aromatic N) is 7. The summed E-state index contributed by atoms with van der Waals surface area (Å²) in [6.07, 6.45) is 11.0. The van der Waals surface area contributed by atoms with Gasteiger partial charge in [-0.1, -0.05) is 53.2 Å². The van der Waals surface area contributed by atoms with Crippen molar-refractivity contribution in [3.63, 3.8) is 0 Å². The Labute approximate surface area is 281 Å². The zero-order valence-electron chi connectivity index (χ0n) is 24.7.